The lowest BCUT2D eigenvalue weighted by molar-refractivity contribution is -0.134. The maximum atomic E-state index is 11.7. The second kappa shape index (κ2) is 12.7. The van der Waals surface area contributed by atoms with E-state index < -0.39 is 0 Å². The first kappa shape index (κ1) is 21.0. The van der Waals surface area contributed by atoms with Crippen LogP contribution in [0.4, 0.5) is 0 Å². The smallest absolute Gasteiger partial charge is 0.248 e. The fraction of sp³-hybridized carbons (Fsp3) is 0.929. The Bertz CT molecular complexity index is 225. The van der Waals surface area contributed by atoms with E-state index in [1.165, 1.54) is 6.42 Å². The average Bonchev–Trinajstić information content (AvgIpc) is 2.34. The molecule has 0 aromatic heterocycles. The highest BCUT2D eigenvalue weighted by atomic mass is 35.5. The first-order chi connectivity index (χ1) is 8.49. The van der Waals surface area contributed by atoms with Gasteiger partial charge in [-0.15, -0.1) is 12.4 Å². The summed E-state index contributed by atoms with van der Waals surface area (Å²) in [7, 11) is 1.81. The monoisotopic (exact) mass is 294 g/mol. The molecule has 0 aliphatic rings. The zero-order valence-corrected chi connectivity index (χ0v) is 13.7. The van der Waals surface area contributed by atoms with E-state index in [0.717, 1.165) is 19.3 Å². The van der Waals surface area contributed by atoms with Crippen LogP contribution in [0.15, 0.2) is 0 Å². The second-order valence-corrected chi connectivity index (χ2v) is 5.27. The lowest BCUT2D eigenvalue weighted by atomic mass is 10.0. The van der Waals surface area contributed by atoms with E-state index in [1.54, 1.807) is 4.90 Å². The molecule has 2 N–H and O–H groups in total. The molecule has 19 heavy (non-hydrogen) atoms. The Balaban J connectivity index is 0. The molecule has 0 aromatic carbocycles. The Morgan fingerprint density at radius 1 is 1.32 bits per heavy atom. The minimum Gasteiger partial charge on any atom is -0.372 e. The largest absolute Gasteiger partial charge is 0.372 e. The molecule has 0 aromatic rings. The van der Waals surface area contributed by atoms with Crippen LogP contribution < -0.4 is 5.73 Å². The van der Waals surface area contributed by atoms with Gasteiger partial charge in [-0.1, -0.05) is 33.6 Å². The average molecular weight is 295 g/mol. The van der Waals surface area contributed by atoms with E-state index in [9.17, 15) is 4.79 Å². The van der Waals surface area contributed by atoms with E-state index >= 15 is 0 Å². The number of ether oxygens (including phenoxy) is 1. The molecule has 0 saturated heterocycles. The van der Waals surface area contributed by atoms with E-state index in [0.29, 0.717) is 19.1 Å². The molecule has 0 bridgehead atoms. The van der Waals surface area contributed by atoms with E-state index in [4.69, 9.17) is 10.5 Å². The van der Waals surface area contributed by atoms with Crippen LogP contribution in [-0.2, 0) is 9.53 Å². The molecule has 0 radical (unpaired) electrons. The molecule has 0 heterocycles. The number of amides is 1. The topological polar surface area (TPSA) is 55.6 Å². The highest BCUT2D eigenvalue weighted by Crippen LogP contribution is 2.04. The van der Waals surface area contributed by atoms with Crippen molar-refractivity contribution in [2.24, 2.45) is 11.7 Å². The molecule has 5 heteroatoms. The summed E-state index contributed by atoms with van der Waals surface area (Å²) in [5, 5.41) is 0. The summed E-state index contributed by atoms with van der Waals surface area (Å²) in [5.74, 6) is 0.501. The molecule has 0 fully saturated rings. The summed E-state index contributed by atoms with van der Waals surface area (Å²) >= 11 is 0. The number of likely N-dealkylation sites (N-methyl/N-ethyl adjacent to an activating group) is 1. The molecule has 0 spiro atoms. The molecular weight excluding hydrogens is 264 g/mol. The van der Waals surface area contributed by atoms with Crippen molar-refractivity contribution in [3.63, 3.8) is 0 Å². The number of nitrogens with two attached hydrogens (primary N) is 1. The van der Waals surface area contributed by atoms with Gasteiger partial charge in [-0.25, -0.2) is 0 Å². The van der Waals surface area contributed by atoms with Crippen molar-refractivity contribution in [2.75, 3.05) is 26.8 Å². The molecular formula is C14H31ClN2O2. The lowest BCUT2D eigenvalue weighted by Gasteiger charge is -2.21. The van der Waals surface area contributed by atoms with Crippen LogP contribution in [0, 0.1) is 5.92 Å². The standard InChI is InChI=1S/C14H30N2O2.ClH/c1-5-6-7-10-18-11-14(17)16(4)9-8-13(15)12(2)3;/h12-13H,5-11,15H2,1-4H3;1H. The minimum absolute atomic E-state index is 0. The number of carbonyl (C=O) groups excluding carboxylic acids is 1. The van der Waals surface area contributed by atoms with E-state index in [1.807, 2.05) is 7.05 Å². The predicted molar refractivity (Wildman–Crippen MR) is 82.7 cm³/mol. The van der Waals surface area contributed by atoms with Gasteiger partial charge >= 0.3 is 0 Å². The van der Waals surface area contributed by atoms with Gasteiger partial charge < -0.3 is 15.4 Å². The van der Waals surface area contributed by atoms with E-state index in [-0.39, 0.29) is 31.0 Å². The summed E-state index contributed by atoms with van der Waals surface area (Å²) in [6.07, 6.45) is 4.21. The summed E-state index contributed by atoms with van der Waals surface area (Å²) in [6, 6.07) is 0.158. The molecule has 1 amide bonds. The van der Waals surface area contributed by atoms with Gasteiger partial charge in [0.05, 0.1) is 0 Å². The van der Waals surface area contributed by atoms with Crippen LogP contribution in [0.5, 0.6) is 0 Å². The van der Waals surface area contributed by atoms with Crippen molar-refractivity contribution in [3.8, 4) is 0 Å². The highest BCUT2D eigenvalue weighted by molar-refractivity contribution is 5.85. The van der Waals surface area contributed by atoms with Crippen molar-refractivity contribution >= 4 is 18.3 Å². The van der Waals surface area contributed by atoms with Crippen LogP contribution in [0.1, 0.15) is 46.5 Å². The molecule has 1 unspecified atom stereocenters. The second-order valence-electron chi connectivity index (χ2n) is 5.27. The molecule has 0 saturated carbocycles. The number of halogens is 1. The van der Waals surface area contributed by atoms with Crippen molar-refractivity contribution < 1.29 is 9.53 Å². The number of unbranched alkanes of at least 4 members (excludes halogenated alkanes) is 2. The molecule has 0 aliphatic carbocycles. The van der Waals surface area contributed by atoms with Gasteiger partial charge in [-0.2, -0.15) is 0 Å². The predicted octanol–water partition coefficient (Wildman–Crippen LogP) is 2.45. The zero-order chi connectivity index (χ0) is 14.0. The van der Waals surface area contributed by atoms with Gasteiger partial charge in [0.1, 0.15) is 6.61 Å². The Labute approximate surface area is 124 Å². The number of carbonyl (C=O) groups is 1. The van der Waals surface area contributed by atoms with Crippen LogP contribution in [0.2, 0.25) is 0 Å². The Kier molecular flexibility index (Phi) is 14.0. The van der Waals surface area contributed by atoms with Gasteiger partial charge in [0.2, 0.25) is 5.91 Å². The van der Waals surface area contributed by atoms with Crippen molar-refractivity contribution in [3.05, 3.63) is 0 Å². The van der Waals surface area contributed by atoms with Crippen molar-refractivity contribution in [1.29, 1.82) is 0 Å². The normalized spacial score (nSPS) is 12.1. The summed E-state index contributed by atoms with van der Waals surface area (Å²) in [6.45, 7) is 7.93. The van der Waals surface area contributed by atoms with Gasteiger partial charge in [-0.3, -0.25) is 4.79 Å². The summed E-state index contributed by atoms with van der Waals surface area (Å²) in [4.78, 5) is 13.4. The molecule has 0 rings (SSSR count). The van der Waals surface area contributed by atoms with E-state index in [2.05, 4.69) is 20.8 Å². The maximum absolute atomic E-state index is 11.7. The van der Waals surface area contributed by atoms with Crippen LogP contribution >= 0.6 is 12.4 Å². The maximum Gasteiger partial charge on any atom is 0.248 e. The number of nitrogens with zero attached hydrogens (tertiary/aromatic N) is 1. The first-order valence-electron chi connectivity index (χ1n) is 7.06. The van der Waals surface area contributed by atoms with Crippen LogP contribution in [0.25, 0.3) is 0 Å². The Morgan fingerprint density at radius 3 is 2.47 bits per heavy atom. The molecule has 1 atom stereocenters. The fourth-order valence-electron chi connectivity index (χ4n) is 1.52. The highest BCUT2D eigenvalue weighted by Gasteiger charge is 2.12. The Hall–Kier alpha value is -0.320. The third kappa shape index (κ3) is 11.2. The van der Waals surface area contributed by atoms with Gasteiger partial charge in [0.15, 0.2) is 0 Å². The molecule has 116 valence electrons. The summed E-state index contributed by atoms with van der Waals surface area (Å²) < 4.78 is 5.35. The lowest BCUT2D eigenvalue weighted by Crippen LogP contribution is -2.36. The first-order valence-corrected chi connectivity index (χ1v) is 7.06. The zero-order valence-electron chi connectivity index (χ0n) is 12.9. The molecule has 0 aliphatic heterocycles. The Morgan fingerprint density at radius 2 is 1.95 bits per heavy atom. The number of rotatable bonds is 10. The minimum atomic E-state index is 0. The third-order valence-electron chi connectivity index (χ3n) is 3.20. The van der Waals surface area contributed by atoms with Gasteiger partial charge in [0, 0.05) is 26.2 Å². The fourth-order valence-corrected chi connectivity index (χ4v) is 1.52. The number of hydrogen-bond acceptors (Lipinski definition) is 3. The SMILES string of the molecule is CCCCCOCC(=O)N(C)CCC(N)C(C)C.Cl. The molecule has 4 nitrogen and oxygen atoms in total. The van der Waals surface area contributed by atoms with Crippen molar-refractivity contribution in [1.82, 2.24) is 4.90 Å². The van der Waals surface area contributed by atoms with Crippen LogP contribution in [0.3, 0.4) is 0 Å². The number of hydrogen-bond donors (Lipinski definition) is 1. The quantitative estimate of drug-likeness (QED) is 0.630. The van der Waals surface area contributed by atoms with Crippen molar-refractivity contribution in [2.45, 2.75) is 52.5 Å². The van der Waals surface area contributed by atoms with Gasteiger partial charge in [0.25, 0.3) is 0 Å². The third-order valence-corrected chi connectivity index (χ3v) is 3.20. The van der Waals surface area contributed by atoms with Crippen LogP contribution in [-0.4, -0.2) is 43.7 Å². The summed E-state index contributed by atoms with van der Waals surface area (Å²) in [5.41, 5.74) is 5.95. The van der Waals surface area contributed by atoms with Gasteiger partial charge in [-0.05, 0) is 18.8 Å².